The van der Waals surface area contributed by atoms with Gasteiger partial charge in [0, 0.05) is 25.7 Å². The van der Waals surface area contributed by atoms with Crippen molar-refractivity contribution < 1.29 is 5.11 Å². The predicted octanol–water partition coefficient (Wildman–Crippen LogP) is 1.14. The van der Waals surface area contributed by atoms with E-state index in [1.807, 2.05) is 7.05 Å². The summed E-state index contributed by atoms with van der Waals surface area (Å²) >= 11 is 0. The van der Waals surface area contributed by atoms with Crippen LogP contribution in [-0.4, -0.2) is 48.8 Å². The zero-order chi connectivity index (χ0) is 9.84. The van der Waals surface area contributed by atoms with Crippen LogP contribution in [0.3, 0.4) is 0 Å². The highest BCUT2D eigenvalue weighted by molar-refractivity contribution is 5.85. The van der Waals surface area contributed by atoms with E-state index in [0.29, 0.717) is 12.0 Å². The minimum absolute atomic E-state index is 0. The highest BCUT2D eigenvalue weighted by Gasteiger charge is 2.23. The molecule has 1 unspecified atom stereocenters. The largest absolute Gasteiger partial charge is 0.392 e. The number of halogens is 2. The quantitative estimate of drug-likeness (QED) is 0.794. The van der Waals surface area contributed by atoms with Crippen LogP contribution in [0.5, 0.6) is 0 Å². The second-order valence-electron chi connectivity index (χ2n) is 4.34. The molecule has 0 radical (unpaired) electrons. The lowest BCUT2D eigenvalue weighted by atomic mass is 10.0. The van der Waals surface area contributed by atoms with Crippen LogP contribution in [0.2, 0.25) is 0 Å². The van der Waals surface area contributed by atoms with E-state index >= 15 is 0 Å². The standard InChI is InChI=1S/C10H22N2O.2ClH/c1-8(2)10(11-3)7-12-5-4-9(13)6-12;;/h8-11,13H,4-7H2,1-3H3;2*1H/t9?,10-;;/m1../s1. The molecule has 0 aromatic rings. The predicted molar refractivity (Wildman–Crippen MR) is 69.2 cm³/mol. The van der Waals surface area contributed by atoms with Gasteiger partial charge in [-0.25, -0.2) is 0 Å². The summed E-state index contributed by atoms with van der Waals surface area (Å²) in [7, 11) is 2.01. The van der Waals surface area contributed by atoms with Gasteiger partial charge in [-0.2, -0.15) is 0 Å². The summed E-state index contributed by atoms with van der Waals surface area (Å²) in [6, 6.07) is 0.547. The van der Waals surface area contributed by atoms with Gasteiger partial charge >= 0.3 is 0 Å². The third kappa shape index (κ3) is 5.93. The Bertz CT molecular complexity index is 158. The van der Waals surface area contributed by atoms with Crippen LogP contribution in [0.1, 0.15) is 20.3 Å². The van der Waals surface area contributed by atoms with Gasteiger partial charge in [0.25, 0.3) is 0 Å². The first-order valence-corrected chi connectivity index (χ1v) is 5.21. The highest BCUT2D eigenvalue weighted by atomic mass is 35.5. The SMILES string of the molecule is CN[C@H](CN1CCC(O)C1)C(C)C.Cl.Cl. The Morgan fingerprint density at radius 1 is 1.40 bits per heavy atom. The summed E-state index contributed by atoms with van der Waals surface area (Å²) in [6.07, 6.45) is 0.846. The number of hydrogen-bond acceptors (Lipinski definition) is 3. The molecule has 1 aliphatic rings. The fourth-order valence-electron chi connectivity index (χ4n) is 1.89. The third-order valence-electron chi connectivity index (χ3n) is 2.88. The smallest absolute Gasteiger partial charge is 0.0679 e. The molecule has 0 aliphatic carbocycles. The number of likely N-dealkylation sites (tertiary alicyclic amines) is 1. The molecule has 1 aliphatic heterocycles. The molecule has 0 aromatic carbocycles. The van der Waals surface area contributed by atoms with E-state index in [2.05, 4.69) is 24.1 Å². The number of nitrogens with one attached hydrogen (secondary N) is 1. The van der Waals surface area contributed by atoms with Crippen molar-refractivity contribution in [3.63, 3.8) is 0 Å². The molecule has 2 atom stereocenters. The number of likely N-dealkylation sites (N-methyl/N-ethyl adjacent to an activating group) is 1. The zero-order valence-electron chi connectivity index (χ0n) is 9.77. The maximum Gasteiger partial charge on any atom is 0.0679 e. The van der Waals surface area contributed by atoms with Gasteiger partial charge in [-0.15, -0.1) is 24.8 Å². The number of aliphatic hydroxyl groups is 1. The fraction of sp³-hybridized carbons (Fsp3) is 1.00. The van der Waals surface area contributed by atoms with Crippen LogP contribution in [0, 0.1) is 5.92 Å². The van der Waals surface area contributed by atoms with Crippen molar-refractivity contribution in [3.05, 3.63) is 0 Å². The van der Waals surface area contributed by atoms with Gasteiger partial charge in [0.15, 0.2) is 0 Å². The molecule has 1 saturated heterocycles. The number of rotatable bonds is 4. The van der Waals surface area contributed by atoms with Gasteiger partial charge in [0.2, 0.25) is 0 Å². The second-order valence-corrected chi connectivity index (χ2v) is 4.34. The van der Waals surface area contributed by atoms with E-state index in [1.165, 1.54) is 0 Å². The molecule has 5 heteroatoms. The number of nitrogens with zero attached hydrogens (tertiary/aromatic N) is 1. The van der Waals surface area contributed by atoms with E-state index in [0.717, 1.165) is 26.1 Å². The first kappa shape index (κ1) is 17.8. The minimum Gasteiger partial charge on any atom is -0.392 e. The number of aliphatic hydroxyl groups excluding tert-OH is 1. The molecule has 15 heavy (non-hydrogen) atoms. The summed E-state index contributed by atoms with van der Waals surface area (Å²) in [5.41, 5.74) is 0. The first-order chi connectivity index (χ1) is 6.13. The second kappa shape index (κ2) is 8.59. The van der Waals surface area contributed by atoms with E-state index in [4.69, 9.17) is 0 Å². The van der Waals surface area contributed by atoms with Crippen molar-refractivity contribution >= 4 is 24.8 Å². The first-order valence-electron chi connectivity index (χ1n) is 5.21. The Morgan fingerprint density at radius 3 is 2.33 bits per heavy atom. The zero-order valence-corrected chi connectivity index (χ0v) is 11.4. The van der Waals surface area contributed by atoms with E-state index < -0.39 is 0 Å². The van der Waals surface area contributed by atoms with E-state index in [-0.39, 0.29) is 30.9 Å². The molecule has 0 saturated carbocycles. The molecule has 0 bridgehead atoms. The van der Waals surface area contributed by atoms with Crippen molar-refractivity contribution in [2.75, 3.05) is 26.7 Å². The van der Waals surface area contributed by atoms with Crippen molar-refractivity contribution in [3.8, 4) is 0 Å². The van der Waals surface area contributed by atoms with E-state index in [9.17, 15) is 5.11 Å². The third-order valence-corrected chi connectivity index (χ3v) is 2.88. The molecule has 1 rings (SSSR count). The lowest BCUT2D eigenvalue weighted by molar-refractivity contribution is 0.169. The van der Waals surface area contributed by atoms with Gasteiger partial charge < -0.3 is 10.4 Å². The van der Waals surface area contributed by atoms with Crippen molar-refractivity contribution in [2.45, 2.75) is 32.4 Å². The van der Waals surface area contributed by atoms with Gasteiger partial charge in [0.05, 0.1) is 6.10 Å². The highest BCUT2D eigenvalue weighted by Crippen LogP contribution is 2.11. The summed E-state index contributed by atoms with van der Waals surface area (Å²) in [5, 5.41) is 12.7. The van der Waals surface area contributed by atoms with Crippen LogP contribution in [0.4, 0.5) is 0 Å². The molecule has 94 valence electrons. The summed E-state index contributed by atoms with van der Waals surface area (Å²) in [6.45, 7) is 7.42. The molecule has 0 spiro atoms. The number of β-amino-alcohol motifs (C(OH)–C–C–N with tert-alkyl or cyclic N) is 1. The van der Waals surface area contributed by atoms with Gasteiger partial charge in [-0.05, 0) is 19.4 Å². The van der Waals surface area contributed by atoms with Crippen molar-refractivity contribution in [1.82, 2.24) is 10.2 Å². The Labute approximate surface area is 105 Å². The molecule has 0 aromatic heterocycles. The number of hydrogen-bond donors (Lipinski definition) is 2. The van der Waals surface area contributed by atoms with Gasteiger partial charge in [-0.3, -0.25) is 4.90 Å². The molecule has 1 heterocycles. The Kier molecular flexibility index (Phi) is 10.2. The Balaban J connectivity index is 0. The lowest BCUT2D eigenvalue weighted by Crippen LogP contribution is -2.42. The van der Waals surface area contributed by atoms with Gasteiger partial charge in [0.1, 0.15) is 0 Å². The van der Waals surface area contributed by atoms with E-state index in [1.54, 1.807) is 0 Å². The summed E-state index contributed by atoms with van der Waals surface area (Å²) in [4.78, 5) is 2.34. The Hall–Kier alpha value is 0.460. The van der Waals surface area contributed by atoms with Gasteiger partial charge in [-0.1, -0.05) is 13.8 Å². The maximum atomic E-state index is 9.36. The monoisotopic (exact) mass is 258 g/mol. The summed E-state index contributed by atoms with van der Waals surface area (Å²) in [5.74, 6) is 0.655. The topological polar surface area (TPSA) is 35.5 Å². The lowest BCUT2D eigenvalue weighted by Gasteiger charge is -2.25. The average molecular weight is 259 g/mol. The molecule has 3 nitrogen and oxygen atoms in total. The van der Waals surface area contributed by atoms with Crippen LogP contribution >= 0.6 is 24.8 Å². The molecule has 0 amide bonds. The molecule has 2 N–H and O–H groups in total. The van der Waals surface area contributed by atoms with Crippen LogP contribution in [0.15, 0.2) is 0 Å². The maximum absolute atomic E-state index is 9.36. The van der Waals surface area contributed by atoms with Crippen molar-refractivity contribution in [1.29, 1.82) is 0 Å². The fourth-order valence-corrected chi connectivity index (χ4v) is 1.89. The summed E-state index contributed by atoms with van der Waals surface area (Å²) < 4.78 is 0. The normalized spacial score (nSPS) is 23.4. The Morgan fingerprint density at radius 2 is 2.00 bits per heavy atom. The minimum atomic E-state index is -0.0929. The molecular weight excluding hydrogens is 235 g/mol. The van der Waals surface area contributed by atoms with Crippen molar-refractivity contribution in [2.24, 2.45) is 5.92 Å². The van der Waals surface area contributed by atoms with Crippen LogP contribution in [-0.2, 0) is 0 Å². The molecule has 1 fully saturated rings. The van der Waals surface area contributed by atoms with Crippen LogP contribution < -0.4 is 5.32 Å². The van der Waals surface area contributed by atoms with Crippen LogP contribution in [0.25, 0.3) is 0 Å². The average Bonchev–Trinajstić information content (AvgIpc) is 2.46. The molecular formula is C10H24Cl2N2O.